The van der Waals surface area contributed by atoms with Gasteiger partial charge in [-0.15, -0.1) is 0 Å². The molecule has 0 fully saturated rings. The van der Waals surface area contributed by atoms with E-state index in [9.17, 15) is 43.2 Å². The zero-order valence-electron chi connectivity index (χ0n) is 58.8. The van der Waals surface area contributed by atoms with Crippen LogP contribution < -0.4 is 0 Å². The second-order valence-electron chi connectivity index (χ2n) is 27.3. The van der Waals surface area contributed by atoms with Crippen LogP contribution in [0, 0.1) is 23.7 Å². The molecule has 90 heavy (non-hydrogen) atoms. The van der Waals surface area contributed by atoms with Crippen molar-refractivity contribution < 1.29 is 80.2 Å². The molecule has 0 aromatic rings. The Labute approximate surface area is 549 Å². The Bertz CT molecular complexity index is 1780. The predicted molar refractivity (Wildman–Crippen MR) is 363 cm³/mol. The summed E-state index contributed by atoms with van der Waals surface area (Å²) in [6, 6.07) is 0. The normalized spacial score (nSPS) is 14.6. The molecule has 0 aliphatic rings. The summed E-state index contributed by atoms with van der Waals surface area (Å²) < 4.78 is 68.3. The van der Waals surface area contributed by atoms with Crippen LogP contribution in [-0.4, -0.2) is 96.7 Å². The fourth-order valence-corrected chi connectivity index (χ4v) is 12.2. The van der Waals surface area contributed by atoms with Gasteiger partial charge in [-0.2, -0.15) is 0 Å². The van der Waals surface area contributed by atoms with Crippen molar-refractivity contribution in [1.82, 2.24) is 0 Å². The molecule has 0 saturated heterocycles. The number of rotatable bonds is 68. The first-order chi connectivity index (χ1) is 43.1. The number of ether oxygens (including phenoxy) is 4. The van der Waals surface area contributed by atoms with Gasteiger partial charge < -0.3 is 33.8 Å². The molecule has 0 aliphatic carbocycles. The number of hydrogen-bond acceptors (Lipinski definition) is 15. The van der Waals surface area contributed by atoms with Gasteiger partial charge in [-0.25, -0.2) is 9.13 Å². The third-order valence-corrected chi connectivity index (χ3v) is 18.6. The summed E-state index contributed by atoms with van der Waals surface area (Å²) in [6.07, 6.45) is 43.1. The average Bonchev–Trinajstić information content (AvgIpc) is 2.61. The highest BCUT2D eigenvalue weighted by atomic mass is 31.2. The lowest BCUT2D eigenvalue weighted by Gasteiger charge is -2.21. The number of esters is 4. The van der Waals surface area contributed by atoms with E-state index in [-0.39, 0.29) is 25.7 Å². The highest BCUT2D eigenvalue weighted by Crippen LogP contribution is 2.45. The first-order valence-electron chi connectivity index (χ1n) is 36.7. The molecule has 4 unspecified atom stereocenters. The summed E-state index contributed by atoms with van der Waals surface area (Å²) in [5.74, 6) is 0.866. The standard InChI is InChI=1S/C71H138O17P2/c1-9-64(8)50-42-34-26-18-15-16-19-27-35-43-51-68(73)81-57-67(88-71(76)54-46-38-30-22-25-33-41-49-63(6)7)60-86-90(79,80)84-56-65(72)55-83-89(77,78)85-59-66(58-82-69(74)52-44-36-29-21-24-32-40-48-62(4)5)87-70(75)53-45-37-28-20-14-12-10-11-13-17-23-31-39-47-61(2)3/h61-67,72H,9-60H2,1-8H3,(H,77,78)(H,79,80)/t64?,65?,66-,67-/m1/s1. The Morgan fingerprint density at radius 2 is 0.533 bits per heavy atom. The van der Waals surface area contributed by atoms with Gasteiger partial charge in [-0.05, 0) is 49.4 Å². The second-order valence-corrected chi connectivity index (χ2v) is 30.2. The maximum Gasteiger partial charge on any atom is 0.472 e. The van der Waals surface area contributed by atoms with Crippen LogP contribution in [0.5, 0.6) is 0 Å². The van der Waals surface area contributed by atoms with Crippen molar-refractivity contribution in [3.05, 3.63) is 0 Å². The minimum Gasteiger partial charge on any atom is -0.462 e. The van der Waals surface area contributed by atoms with Crippen molar-refractivity contribution in [3.63, 3.8) is 0 Å². The van der Waals surface area contributed by atoms with Gasteiger partial charge in [0.05, 0.1) is 26.4 Å². The Kier molecular flexibility index (Phi) is 59.4. The molecule has 0 heterocycles. The van der Waals surface area contributed by atoms with E-state index in [0.717, 1.165) is 108 Å². The molecule has 0 spiro atoms. The van der Waals surface area contributed by atoms with E-state index in [1.165, 1.54) is 148 Å². The van der Waals surface area contributed by atoms with Crippen molar-refractivity contribution in [2.45, 2.75) is 369 Å². The van der Waals surface area contributed by atoms with Crippen molar-refractivity contribution in [2.24, 2.45) is 23.7 Å². The van der Waals surface area contributed by atoms with Gasteiger partial charge in [0.2, 0.25) is 0 Å². The van der Waals surface area contributed by atoms with E-state index >= 15 is 0 Å². The van der Waals surface area contributed by atoms with Crippen molar-refractivity contribution in [1.29, 1.82) is 0 Å². The molecule has 0 rings (SSSR count). The SMILES string of the molecule is CCC(C)CCCCCCCCCCCCC(=O)OC[C@H](COP(=O)(O)OCC(O)COP(=O)(O)OC[C@@H](COC(=O)CCCCCCCCCC(C)C)OC(=O)CCCCCCCCCCCCCCCC(C)C)OC(=O)CCCCCCCCCC(C)C. The maximum atomic E-state index is 13.0. The third-order valence-electron chi connectivity index (χ3n) is 16.7. The monoisotopic (exact) mass is 1320 g/mol. The highest BCUT2D eigenvalue weighted by molar-refractivity contribution is 7.47. The average molecular weight is 1330 g/mol. The van der Waals surface area contributed by atoms with Gasteiger partial charge in [0.15, 0.2) is 12.2 Å². The molecular weight excluding hydrogens is 1190 g/mol. The Morgan fingerprint density at radius 3 is 0.789 bits per heavy atom. The van der Waals surface area contributed by atoms with Crippen LogP contribution in [0.2, 0.25) is 0 Å². The zero-order chi connectivity index (χ0) is 66.8. The van der Waals surface area contributed by atoms with E-state index in [1.54, 1.807) is 0 Å². The molecular formula is C71H138O17P2. The third kappa shape index (κ3) is 63.5. The van der Waals surface area contributed by atoms with Crippen LogP contribution >= 0.6 is 15.6 Å². The topological polar surface area (TPSA) is 237 Å². The van der Waals surface area contributed by atoms with Crippen LogP contribution in [0.1, 0.15) is 351 Å². The fraction of sp³-hybridized carbons (Fsp3) is 0.944. The molecule has 0 aromatic carbocycles. The van der Waals surface area contributed by atoms with Crippen molar-refractivity contribution >= 4 is 39.5 Å². The number of carbonyl (C=O) groups is 4. The lowest BCUT2D eigenvalue weighted by atomic mass is 9.99. The summed E-state index contributed by atoms with van der Waals surface area (Å²) in [5, 5.41) is 10.6. The molecule has 0 amide bonds. The molecule has 534 valence electrons. The van der Waals surface area contributed by atoms with Crippen LogP contribution in [0.15, 0.2) is 0 Å². The summed E-state index contributed by atoms with van der Waals surface area (Å²) in [6.45, 7) is 14.1. The molecule has 17 nitrogen and oxygen atoms in total. The largest absolute Gasteiger partial charge is 0.472 e. The van der Waals surface area contributed by atoms with Gasteiger partial charge in [-0.3, -0.25) is 37.3 Å². The summed E-state index contributed by atoms with van der Waals surface area (Å²) in [4.78, 5) is 72.5. The lowest BCUT2D eigenvalue weighted by Crippen LogP contribution is -2.30. The molecule has 0 radical (unpaired) electrons. The number of aliphatic hydroxyl groups is 1. The minimum absolute atomic E-state index is 0.103. The Hall–Kier alpha value is -1.94. The first-order valence-corrected chi connectivity index (χ1v) is 39.7. The van der Waals surface area contributed by atoms with E-state index in [0.29, 0.717) is 37.5 Å². The summed E-state index contributed by atoms with van der Waals surface area (Å²) in [5.41, 5.74) is 0. The Balaban J connectivity index is 5.23. The summed E-state index contributed by atoms with van der Waals surface area (Å²) >= 11 is 0. The van der Waals surface area contributed by atoms with Crippen LogP contribution in [0.25, 0.3) is 0 Å². The summed E-state index contributed by atoms with van der Waals surface area (Å²) in [7, 11) is -9.90. The van der Waals surface area contributed by atoms with Gasteiger partial charge in [0.25, 0.3) is 0 Å². The number of phosphoric ester groups is 2. The number of aliphatic hydroxyl groups excluding tert-OH is 1. The lowest BCUT2D eigenvalue weighted by molar-refractivity contribution is -0.161. The molecule has 0 saturated carbocycles. The quantitative estimate of drug-likeness (QED) is 0.0222. The van der Waals surface area contributed by atoms with E-state index in [2.05, 4.69) is 55.4 Å². The van der Waals surface area contributed by atoms with Gasteiger partial charge in [0.1, 0.15) is 19.3 Å². The second kappa shape index (κ2) is 60.7. The molecule has 3 N–H and O–H groups in total. The molecule has 0 aliphatic heterocycles. The van der Waals surface area contributed by atoms with Gasteiger partial charge in [0, 0.05) is 25.7 Å². The first kappa shape index (κ1) is 88.1. The van der Waals surface area contributed by atoms with Gasteiger partial charge in [-0.1, -0.05) is 299 Å². The molecule has 6 atom stereocenters. The van der Waals surface area contributed by atoms with Gasteiger partial charge >= 0.3 is 39.5 Å². The maximum absolute atomic E-state index is 13.0. The Morgan fingerprint density at radius 1 is 0.311 bits per heavy atom. The zero-order valence-corrected chi connectivity index (χ0v) is 60.6. The van der Waals surface area contributed by atoms with Crippen LogP contribution in [0.3, 0.4) is 0 Å². The minimum atomic E-state index is -4.95. The van der Waals surface area contributed by atoms with Crippen molar-refractivity contribution in [2.75, 3.05) is 39.6 Å². The van der Waals surface area contributed by atoms with E-state index in [4.69, 9.17) is 37.0 Å². The van der Waals surface area contributed by atoms with Crippen molar-refractivity contribution in [3.8, 4) is 0 Å². The molecule has 0 bridgehead atoms. The number of hydrogen-bond donors (Lipinski definition) is 3. The molecule has 19 heteroatoms. The predicted octanol–water partition coefficient (Wildman–Crippen LogP) is 20.1. The highest BCUT2D eigenvalue weighted by Gasteiger charge is 2.30. The van der Waals surface area contributed by atoms with Crippen LogP contribution in [0.4, 0.5) is 0 Å². The number of unbranched alkanes of at least 4 members (excludes halogenated alkanes) is 33. The molecule has 0 aromatic heterocycles. The van der Waals surface area contributed by atoms with E-state index in [1.807, 2.05) is 0 Å². The number of phosphoric acid groups is 2. The van der Waals surface area contributed by atoms with E-state index < -0.39 is 97.5 Å². The van der Waals surface area contributed by atoms with Crippen LogP contribution in [-0.2, 0) is 65.4 Å². The fourth-order valence-electron chi connectivity index (χ4n) is 10.6. The smallest absolute Gasteiger partial charge is 0.462 e. The number of carbonyl (C=O) groups excluding carboxylic acids is 4.